The van der Waals surface area contributed by atoms with Crippen LogP contribution in [0.15, 0.2) is 0 Å². The van der Waals surface area contributed by atoms with E-state index >= 15 is 0 Å². The summed E-state index contributed by atoms with van der Waals surface area (Å²) in [6.07, 6.45) is 9.26. The molecule has 0 bridgehead atoms. The molecule has 0 radical (unpaired) electrons. The molecule has 28 heavy (non-hydrogen) atoms. The Bertz CT molecular complexity index is 475. The quantitative estimate of drug-likeness (QED) is 0.243. The van der Waals surface area contributed by atoms with Gasteiger partial charge in [-0.2, -0.15) is 0 Å². The van der Waals surface area contributed by atoms with E-state index in [0.717, 1.165) is 32.1 Å². The van der Waals surface area contributed by atoms with Gasteiger partial charge in [-0.1, -0.05) is 79.6 Å². The molecule has 164 valence electrons. The molecule has 0 saturated carbocycles. The fourth-order valence-electron chi connectivity index (χ4n) is 2.80. The zero-order valence-corrected chi connectivity index (χ0v) is 18.5. The van der Waals surface area contributed by atoms with Crippen LogP contribution >= 0.6 is 0 Å². The predicted molar refractivity (Wildman–Crippen MR) is 111 cm³/mol. The third-order valence-corrected chi connectivity index (χ3v) is 4.65. The van der Waals surface area contributed by atoms with Gasteiger partial charge in [0.1, 0.15) is 6.04 Å². The normalized spacial score (nSPS) is 12.4. The number of hydrogen-bond acceptors (Lipinski definition) is 4. The summed E-state index contributed by atoms with van der Waals surface area (Å²) in [4.78, 5) is 36.7. The molecule has 0 aliphatic heterocycles. The van der Waals surface area contributed by atoms with Crippen LogP contribution in [0.4, 0.5) is 4.79 Å². The van der Waals surface area contributed by atoms with Gasteiger partial charge < -0.3 is 10.6 Å². The molecule has 1 unspecified atom stereocenters. The van der Waals surface area contributed by atoms with Gasteiger partial charge in [0, 0.05) is 13.0 Å². The minimum absolute atomic E-state index is 0.106. The Hall–Kier alpha value is -1.63. The third-order valence-electron chi connectivity index (χ3n) is 4.65. The van der Waals surface area contributed by atoms with Crippen LogP contribution in [0, 0.1) is 5.41 Å². The SMILES string of the molecule is CCCCCCCCCC(=O)N(O)C(=O)NC(C(=O)NCCCC)C(C)(C)C. The average Bonchev–Trinajstić information content (AvgIpc) is 2.63. The first-order valence-electron chi connectivity index (χ1n) is 10.7. The highest BCUT2D eigenvalue weighted by atomic mass is 16.5. The first-order valence-corrected chi connectivity index (χ1v) is 10.7. The molecule has 0 rings (SSSR count). The summed E-state index contributed by atoms with van der Waals surface area (Å²) in [7, 11) is 0. The van der Waals surface area contributed by atoms with Crippen molar-refractivity contribution < 1.29 is 19.6 Å². The molecular weight excluding hydrogens is 358 g/mol. The largest absolute Gasteiger partial charge is 0.354 e. The van der Waals surface area contributed by atoms with Crippen molar-refractivity contribution in [1.29, 1.82) is 0 Å². The van der Waals surface area contributed by atoms with Crippen molar-refractivity contribution in [2.45, 2.75) is 105 Å². The number of nitrogens with one attached hydrogen (secondary N) is 2. The molecule has 4 amide bonds. The second-order valence-electron chi connectivity index (χ2n) is 8.47. The number of carbonyl (C=O) groups excluding carboxylic acids is 3. The van der Waals surface area contributed by atoms with Crippen molar-refractivity contribution in [2.24, 2.45) is 5.41 Å². The highest BCUT2D eigenvalue weighted by Gasteiger charge is 2.34. The van der Waals surface area contributed by atoms with Crippen LogP contribution < -0.4 is 10.6 Å². The van der Waals surface area contributed by atoms with Crippen molar-refractivity contribution in [3.05, 3.63) is 0 Å². The summed E-state index contributed by atoms with van der Waals surface area (Å²) in [5.74, 6) is -0.965. The van der Waals surface area contributed by atoms with Crippen molar-refractivity contribution in [1.82, 2.24) is 15.7 Å². The second-order valence-corrected chi connectivity index (χ2v) is 8.47. The van der Waals surface area contributed by atoms with Gasteiger partial charge in [0.05, 0.1) is 0 Å². The fraction of sp³-hybridized carbons (Fsp3) is 0.857. The van der Waals surface area contributed by atoms with Gasteiger partial charge in [0.15, 0.2) is 0 Å². The number of amides is 4. The molecule has 0 aromatic heterocycles. The Morgan fingerprint density at radius 3 is 1.96 bits per heavy atom. The topological polar surface area (TPSA) is 98.7 Å². The smallest absolute Gasteiger partial charge is 0.349 e. The van der Waals surface area contributed by atoms with Gasteiger partial charge in [-0.15, -0.1) is 5.06 Å². The van der Waals surface area contributed by atoms with E-state index < -0.39 is 23.4 Å². The highest BCUT2D eigenvalue weighted by Crippen LogP contribution is 2.20. The first kappa shape index (κ1) is 26.4. The molecule has 0 aromatic carbocycles. The minimum atomic E-state index is -0.960. The molecule has 7 nitrogen and oxygen atoms in total. The summed E-state index contributed by atoms with van der Waals surface area (Å²) in [6.45, 7) is 10.2. The number of urea groups is 1. The van der Waals surface area contributed by atoms with Crippen LogP contribution in [-0.4, -0.2) is 40.7 Å². The fourth-order valence-corrected chi connectivity index (χ4v) is 2.80. The van der Waals surface area contributed by atoms with Gasteiger partial charge in [-0.25, -0.2) is 4.79 Å². The Morgan fingerprint density at radius 1 is 0.893 bits per heavy atom. The van der Waals surface area contributed by atoms with Crippen molar-refractivity contribution in [3.8, 4) is 0 Å². The molecule has 0 saturated heterocycles. The van der Waals surface area contributed by atoms with E-state index in [-0.39, 0.29) is 17.4 Å². The number of hydroxylamine groups is 2. The van der Waals surface area contributed by atoms with E-state index in [1.807, 2.05) is 27.7 Å². The first-order chi connectivity index (χ1) is 13.1. The molecule has 0 fully saturated rings. The van der Waals surface area contributed by atoms with E-state index in [1.54, 1.807) is 0 Å². The lowest BCUT2D eigenvalue weighted by Gasteiger charge is -2.31. The maximum atomic E-state index is 12.4. The molecule has 0 aromatic rings. The monoisotopic (exact) mass is 399 g/mol. The number of hydrogen-bond donors (Lipinski definition) is 3. The van der Waals surface area contributed by atoms with Gasteiger partial charge in [-0.3, -0.25) is 14.8 Å². The highest BCUT2D eigenvalue weighted by molar-refractivity contribution is 5.95. The Kier molecular flexibility index (Phi) is 13.5. The van der Waals surface area contributed by atoms with Crippen LogP contribution in [0.3, 0.4) is 0 Å². The Balaban J connectivity index is 4.47. The zero-order valence-electron chi connectivity index (χ0n) is 18.5. The summed E-state index contributed by atoms with van der Waals surface area (Å²) >= 11 is 0. The van der Waals surface area contributed by atoms with Crippen LogP contribution in [0.1, 0.15) is 98.8 Å². The predicted octanol–water partition coefficient (Wildman–Crippen LogP) is 4.39. The van der Waals surface area contributed by atoms with Gasteiger partial charge in [-0.05, 0) is 18.3 Å². The van der Waals surface area contributed by atoms with E-state index in [0.29, 0.717) is 13.0 Å². The molecule has 0 spiro atoms. The molecule has 0 aliphatic rings. The van der Waals surface area contributed by atoms with E-state index in [1.165, 1.54) is 19.3 Å². The van der Waals surface area contributed by atoms with Crippen molar-refractivity contribution >= 4 is 17.8 Å². The van der Waals surface area contributed by atoms with Crippen LogP contribution in [-0.2, 0) is 9.59 Å². The molecule has 1 atom stereocenters. The number of rotatable bonds is 13. The van der Waals surface area contributed by atoms with Crippen LogP contribution in [0.25, 0.3) is 0 Å². The van der Waals surface area contributed by atoms with Gasteiger partial charge in [0.2, 0.25) is 5.91 Å². The maximum Gasteiger partial charge on any atom is 0.349 e. The summed E-state index contributed by atoms with van der Waals surface area (Å²) in [5.41, 5.74) is -0.561. The second kappa shape index (κ2) is 14.4. The van der Waals surface area contributed by atoms with Crippen molar-refractivity contribution in [2.75, 3.05) is 6.54 Å². The minimum Gasteiger partial charge on any atom is -0.354 e. The number of nitrogens with zero attached hydrogens (tertiary/aromatic N) is 1. The maximum absolute atomic E-state index is 12.4. The van der Waals surface area contributed by atoms with Gasteiger partial charge in [0.25, 0.3) is 5.91 Å². The summed E-state index contributed by atoms with van der Waals surface area (Å²) in [6, 6.07) is -1.81. The lowest BCUT2D eigenvalue weighted by molar-refractivity contribution is -0.153. The molecule has 7 heteroatoms. The van der Waals surface area contributed by atoms with Gasteiger partial charge >= 0.3 is 6.03 Å². The number of imide groups is 1. The molecule has 0 aliphatic carbocycles. The Morgan fingerprint density at radius 2 is 1.43 bits per heavy atom. The number of carbonyl (C=O) groups is 3. The Labute approximate surface area is 170 Å². The third kappa shape index (κ3) is 11.3. The van der Waals surface area contributed by atoms with E-state index in [9.17, 15) is 19.6 Å². The molecular formula is C21H41N3O4. The van der Waals surface area contributed by atoms with E-state index in [4.69, 9.17) is 0 Å². The summed E-state index contributed by atoms with van der Waals surface area (Å²) < 4.78 is 0. The molecule has 0 heterocycles. The summed E-state index contributed by atoms with van der Waals surface area (Å²) in [5, 5.41) is 15.3. The molecule has 3 N–H and O–H groups in total. The lowest BCUT2D eigenvalue weighted by Crippen LogP contribution is -2.56. The number of unbranched alkanes of at least 4 members (excludes halogenated alkanes) is 7. The zero-order chi connectivity index (χ0) is 21.6. The van der Waals surface area contributed by atoms with Crippen molar-refractivity contribution in [3.63, 3.8) is 0 Å². The van der Waals surface area contributed by atoms with E-state index in [2.05, 4.69) is 17.6 Å². The lowest BCUT2D eigenvalue weighted by atomic mass is 9.86. The van der Waals surface area contributed by atoms with Crippen LogP contribution in [0.5, 0.6) is 0 Å². The van der Waals surface area contributed by atoms with Crippen LogP contribution in [0.2, 0.25) is 0 Å². The standard InChI is InChI=1S/C21H41N3O4/c1-6-8-10-11-12-13-14-15-17(25)24(28)20(27)23-18(21(3,4)5)19(26)22-16-9-7-2/h18,28H,6-16H2,1-5H3,(H,22,26)(H,23,27). The average molecular weight is 400 g/mol.